The second kappa shape index (κ2) is 7.39. The molecule has 2 atom stereocenters. The van der Waals surface area contributed by atoms with Gasteiger partial charge in [0.25, 0.3) is 0 Å². The Balaban J connectivity index is 1.88. The van der Waals surface area contributed by atoms with Crippen LogP contribution in [0, 0.1) is 11.8 Å². The van der Waals surface area contributed by atoms with Crippen molar-refractivity contribution in [3.8, 4) is 0 Å². The number of carboxylic acid groups (broad SMARTS) is 1. The number of carboxylic acids is 1. The summed E-state index contributed by atoms with van der Waals surface area (Å²) in [6, 6.07) is 0. The second-order valence-corrected chi connectivity index (χ2v) is 7.50. The standard InChI is InChI=1S/C18H21NO5S/c1-24-18(23)14-12-8-4-5-9-13(12)25-16(14)19-15(20)10-6-2-3-7-11(10)17(21)22/h2-3,10-11H,4-9H2,1H3,(H,19,20)(H,21,22). The number of thiophene rings is 1. The Bertz CT molecular complexity index is 736. The van der Waals surface area contributed by atoms with E-state index in [-0.39, 0.29) is 5.91 Å². The molecule has 0 aromatic carbocycles. The van der Waals surface area contributed by atoms with Crippen molar-refractivity contribution in [1.82, 2.24) is 0 Å². The predicted molar refractivity (Wildman–Crippen MR) is 93.9 cm³/mol. The van der Waals surface area contributed by atoms with Crippen LogP contribution in [0.2, 0.25) is 0 Å². The van der Waals surface area contributed by atoms with Crippen molar-refractivity contribution in [3.05, 3.63) is 28.2 Å². The van der Waals surface area contributed by atoms with Gasteiger partial charge >= 0.3 is 11.9 Å². The quantitative estimate of drug-likeness (QED) is 0.634. The van der Waals surface area contributed by atoms with Crippen LogP contribution in [0.15, 0.2) is 12.2 Å². The number of esters is 1. The van der Waals surface area contributed by atoms with Gasteiger partial charge in [0.05, 0.1) is 24.5 Å². The first-order valence-electron chi connectivity index (χ1n) is 8.44. The average molecular weight is 363 g/mol. The summed E-state index contributed by atoms with van der Waals surface area (Å²) in [5.41, 5.74) is 1.41. The molecule has 0 saturated heterocycles. The number of anilines is 1. The lowest BCUT2D eigenvalue weighted by atomic mass is 9.82. The fourth-order valence-corrected chi connectivity index (χ4v) is 4.83. The van der Waals surface area contributed by atoms with E-state index in [4.69, 9.17) is 4.74 Å². The van der Waals surface area contributed by atoms with E-state index in [1.807, 2.05) is 6.08 Å². The highest BCUT2D eigenvalue weighted by Crippen LogP contribution is 2.39. The van der Waals surface area contributed by atoms with Gasteiger partial charge in [-0.15, -0.1) is 11.3 Å². The molecule has 0 spiro atoms. The van der Waals surface area contributed by atoms with Crippen molar-refractivity contribution < 1.29 is 24.2 Å². The van der Waals surface area contributed by atoms with E-state index in [9.17, 15) is 19.5 Å². The molecular formula is C18H21NO5S. The van der Waals surface area contributed by atoms with Gasteiger partial charge in [-0.2, -0.15) is 0 Å². The number of amides is 1. The maximum absolute atomic E-state index is 12.7. The minimum absolute atomic E-state index is 0.345. The van der Waals surface area contributed by atoms with Crippen molar-refractivity contribution in [2.75, 3.05) is 12.4 Å². The Morgan fingerprint density at radius 2 is 1.84 bits per heavy atom. The van der Waals surface area contributed by atoms with Crippen LogP contribution in [0.25, 0.3) is 0 Å². The molecule has 0 bridgehead atoms. The lowest BCUT2D eigenvalue weighted by Crippen LogP contribution is -2.34. The zero-order chi connectivity index (χ0) is 18.0. The Labute approximate surface area is 149 Å². The lowest BCUT2D eigenvalue weighted by molar-refractivity contribution is -0.146. The molecule has 134 valence electrons. The third kappa shape index (κ3) is 3.46. The monoisotopic (exact) mass is 363 g/mol. The number of aryl methyl sites for hydroxylation is 1. The molecular weight excluding hydrogens is 342 g/mol. The number of methoxy groups -OCH3 is 1. The fraction of sp³-hybridized carbons (Fsp3) is 0.500. The summed E-state index contributed by atoms with van der Waals surface area (Å²) >= 11 is 1.41. The van der Waals surface area contributed by atoms with Crippen molar-refractivity contribution >= 4 is 34.2 Å². The van der Waals surface area contributed by atoms with Gasteiger partial charge in [0.2, 0.25) is 5.91 Å². The van der Waals surface area contributed by atoms with Crippen molar-refractivity contribution in [1.29, 1.82) is 0 Å². The van der Waals surface area contributed by atoms with Gasteiger partial charge in [0.1, 0.15) is 5.00 Å². The third-order valence-corrected chi connectivity index (χ3v) is 6.09. The number of rotatable bonds is 4. The number of allylic oxidation sites excluding steroid dienone is 2. The van der Waals surface area contributed by atoms with E-state index in [1.165, 1.54) is 18.4 Å². The largest absolute Gasteiger partial charge is 0.481 e. The van der Waals surface area contributed by atoms with E-state index in [0.29, 0.717) is 23.4 Å². The summed E-state index contributed by atoms with van der Waals surface area (Å²) in [5, 5.41) is 12.7. The van der Waals surface area contributed by atoms with Gasteiger partial charge < -0.3 is 15.2 Å². The molecule has 7 heteroatoms. The highest BCUT2D eigenvalue weighted by atomic mass is 32.1. The van der Waals surface area contributed by atoms with Crippen LogP contribution in [0.4, 0.5) is 5.00 Å². The topological polar surface area (TPSA) is 92.7 Å². The Morgan fingerprint density at radius 3 is 2.52 bits per heavy atom. The molecule has 0 radical (unpaired) electrons. The molecule has 0 fully saturated rings. The van der Waals surface area contributed by atoms with Crippen LogP contribution in [0.5, 0.6) is 0 Å². The normalized spacial score (nSPS) is 22.1. The maximum Gasteiger partial charge on any atom is 0.341 e. The lowest BCUT2D eigenvalue weighted by Gasteiger charge is -2.24. The van der Waals surface area contributed by atoms with Gasteiger partial charge in [-0.1, -0.05) is 12.2 Å². The van der Waals surface area contributed by atoms with Gasteiger partial charge in [-0.05, 0) is 44.1 Å². The zero-order valence-electron chi connectivity index (χ0n) is 14.0. The number of hydrogen-bond donors (Lipinski definition) is 2. The van der Waals surface area contributed by atoms with Crippen molar-refractivity contribution in [2.45, 2.75) is 38.5 Å². The smallest absolute Gasteiger partial charge is 0.341 e. The van der Waals surface area contributed by atoms with E-state index in [0.717, 1.165) is 36.1 Å². The number of carbonyl (C=O) groups excluding carboxylic acids is 2. The minimum atomic E-state index is -0.969. The molecule has 2 N–H and O–H groups in total. The van der Waals surface area contributed by atoms with E-state index in [1.54, 1.807) is 6.08 Å². The number of fused-ring (bicyclic) bond motifs is 1. The van der Waals surface area contributed by atoms with Crippen molar-refractivity contribution in [2.24, 2.45) is 11.8 Å². The van der Waals surface area contributed by atoms with Gasteiger partial charge in [0, 0.05) is 4.88 Å². The van der Waals surface area contributed by atoms with Crippen LogP contribution in [0.3, 0.4) is 0 Å². The molecule has 3 rings (SSSR count). The van der Waals surface area contributed by atoms with Gasteiger partial charge in [-0.25, -0.2) is 4.79 Å². The zero-order valence-corrected chi connectivity index (χ0v) is 14.9. The average Bonchev–Trinajstić information content (AvgIpc) is 2.98. The minimum Gasteiger partial charge on any atom is -0.481 e. The molecule has 6 nitrogen and oxygen atoms in total. The molecule has 2 aliphatic carbocycles. The number of hydrogen-bond acceptors (Lipinski definition) is 5. The van der Waals surface area contributed by atoms with Crippen LogP contribution in [0.1, 0.15) is 46.5 Å². The van der Waals surface area contributed by atoms with E-state index >= 15 is 0 Å². The summed E-state index contributed by atoms with van der Waals surface area (Å²) in [6.07, 6.45) is 8.14. The first-order chi connectivity index (χ1) is 12.0. The van der Waals surface area contributed by atoms with Crippen LogP contribution < -0.4 is 5.32 Å². The predicted octanol–water partition coefficient (Wildman–Crippen LogP) is 3.02. The van der Waals surface area contributed by atoms with Crippen molar-refractivity contribution in [3.63, 3.8) is 0 Å². The molecule has 2 aliphatic rings. The summed E-state index contributed by atoms with van der Waals surface area (Å²) in [5.74, 6) is -3.13. The van der Waals surface area contributed by atoms with Crippen LogP contribution in [-0.2, 0) is 27.2 Å². The highest BCUT2D eigenvalue weighted by molar-refractivity contribution is 7.17. The molecule has 1 heterocycles. The number of ether oxygens (including phenoxy) is 1. The van der Waals surface area contributed by atoms with Gasteiger partial charge in [-0.3, -0.25) is 9.59 Å². The number of carbonyl (C=O) groups is 3. The fourth-order valence-electron chi connectivity index (χ4n) is 3.55. The van der Waals surface area contributed by atoms with Crippen LogP contribution in [-0.4, -0.2) is 30.1 Å². The van der Waals surface area contributed by atoms with E-state index in [2.05, 4.69) is 5.32 Å². The molecule has 0 aliphatic heterocycles. The summed E-state index contributed by atoms with van der Waals surface area (Å²) < 4.78 is 4.90. The molecule has 1 aromatic rings. The number of aliphatic carboxylic acids is 1. The second-order valence-electron chi connectivity index (χ2n) is 6.39. The number of nitrogens with one attached hydrogen (secondary N) is 1. The highest BCUT2D eigenvalue weighted by Gasteiger charge is 2.35. The molecule has 0 saturated carbocycles. The maximum atomic E-state index is 12.7. The van der Waals surface area contributed by atoms with E-state index < -0.39 is 23.8 Å². The van der Waals surface area contributed by atoms with Gasteiger partial charge in [0.15, 0.2) is 0 Å². The first-order valence-corrected chi connectivity index (χ1v) is 9.26. The summed E-state index contributed by atoms with van der Waals surface area (Å²) in [4.78, 5) is 37.5. The molecule has 25 heavy (non-hydrogen) atoms. The third-order valence-electron chi connectivity index (χ3n) is 4.88. The van der Waals surface area contributed by atoms with Crippen LogP contribution >= 0.6 is 11.3 Å². The Kier molecular flexibility index (Phi) is 5.22. The summed E-state index contributed by atoms with van der Waals surface area (Å²) in [7, 11) is 1.33. The molecule has 1 aromatic heterocycles. The Hall–Kier alpha value is -2.15. The molecule has 2 unspecified atom stereocenters. The Morgan fingerprint density at radius 1 is 1.16 bits per heavy atom. The summed E-state index contributed by atoms with van der Waals surface area (Å²) in [6.45, 7) is 0. The molecule has 1 amide bonds. The SMILES string of the molecule is COC(=O)c1c(NC(=O)C2CC=CCC2C(=O)O)sc2c1CCCC2. The first kappa shape index (κ1) is 17.7.